The molecule has 66 valence electrons. The first kappa shape index (κ1) is 9.00. The maximum absolute atomic E-state index is 11.3. The average Bonchev–Trinajstić information content (AvgIpc) is 2.28. The second-order valence-electron chi connectivity index (χ2n) is 3.26. The smallest absolute Gasteiger partial charge is 0.153 e. The summed E-state index contributed by atoms with van der Waals surface area (Å²) >= 11 is 0. The zero-order valence-electron chi connectivity index (χ0n) is 6.79. The highest BCUT2D eigenvalue weighted by Gasteiger charge is 2.34. The molecule has 11 heavy (non-hydrogen) atoms. The number of rotatable bonds is 2. The molecule has 0 spiro atoms. The highest BCUT2D eigenvalue weighted by atomic mass is 32.2. The Kier molecular flexibility index (Phi) is 2.54. The summed E-state index contributed by atoms with van der Waals surface area (Å²) in [5, 5.41) is -0.160. The van der Waals surface area contributed by atoms with Crippen molar-refractivity contribution in [2.24, 2.45) is 11.7 Å². The molecule has 2 unspecified atom stereocenters. The maximum Gasteiger partial charge on any atom is 0.153 e. The van der Waals surface area contributed by atoms with Crippen LogP contribution in [0.5, 0.6) is 0 Å². The van der Waals surface area contributed by atoms with Crippen LogP contribution in [0.3, 0.4) is 0 Å². The molecule has 1 heterocycles. The van der Waals surface area contributed by atoms with Gasteiger partial charge in [0.2, 0.25) is 0 Å². The van der Waals surface area contributed by atoms with Gasteiger partial charge in [0.1, 0.15) is 0 Å². The van der Waals surface area contributed by atoms with Gasteiger partial charge in [-0.15, -0.1) is 0 Å². The van der Waals surface area contributed by atoms with Crippen LogP contribution in [-0.4, -0.2) is 26.0 Å². The molecular weight excluding hydrogens is 162 g/mol. The van der Waals surface area contributed by atoms with Crippen LogP contribution in [0.25, 0.3) is 0 Å². The molecule has 2 atom stereocenters. The van der Waals surface area contributed by atoms with Crippen LogP contribution in [0.15, 0.2) is 0 Å². The van der Waals surface area contributed by atoms with Crippen molar-refractivity contribution >= 4 is 9.84 Å². The Morgan fingerprint density at radius 3 is 2.64 bits per heavy atom. The van der Waals surface area contributed by atoms with E-state index in [2.05, 4.69) is 0 Å². The molecule has 0 aliphatic carbocycles. The molecule has 4 heteroatoms. The summed E-state index contributed by atoms with van der Waals surface area (Å²) in [6.07, 6.45) is 1.62. The highest BCUT2D eigenvalue weighted by Crippen LogP contribution is 2.25. The lowest BCUT2D eigenvalue weighted by Crippen LogP contribution is -2.29. The molecule has 3 nitrogen and oxygen atoms in total. The minimum atomic E-state index is -2.78. The summed E-state index contributed by atoms with van der Waals surface area (Å²) < 4.78 is 22.6. The second-order valence-corrected chi connectivity index (χ2v) is 5.60. The van der Waals surface area contributed by atoms with Crippen molar-refractivity contribution in [3.8, 4) is 0 Å². The Hall–Kier alpha value is -0.0900. The Bertz CT molecular complexity index is 223. The molecule has 1 aliphatic rings. The first-order chi connectivity index (χ1) is 5.08. The lowest BCUT2D eigenvalue weighted by Gasteiger charge is -2.15. The van der Waals surface area contributed by atoms with Crippen molar-refractivity contribution in [3.63, 3.8) is 0 Å². The molecule has 0 saturated carbocycles. The topological polar surface area (TPSA) is 60.2 Å². The van der Waals surface area contributed by atoms with Gasteiger partial charge in [-0.2, -0.15) is 0 Å². The van der Waals surface area contributed by atoms with Crippen molar-refractivity contribution in [2.75, 3.05) is 12.3 Å². The fraction of sp³-hybridized carbons (Fsp3) is 1.00. The monoisotopic (exact) mass is 177 g/mol. The third kappa shape index (κ3) is 1.73. The van der Waals surface area contributed by atoms with E-state index in [0.717, 1.165) is 12.8 Å². The Morgan fingerprint density at radius 2 is 2.27 bits per heavy atom. The molecule has 0 aromatic heterocycles. The standard InChI is InChI=1S/C7H15NO2S/c1-6(5-8)7-3-2-4-11(7,9)10/h6-7H,2-5,8H2,1H3. The third-order valence-corrected chi connectivity index (χ3v) is 4.87. The van der Waals surface area contributed by atoms with Crippen LogP contribution in [0, 0.1) is 5.92 Å². The van der Waals surface area contributed by atoms with E-state index in [4.69, 9.17) is 5.73 Å². The number of nitrogens with two attached hydrogens (primary N) is 1. The SMILES string of the molecule is CC(CN)C1CCCS1(=O)=O. The van der Waals surface area contributed by atoms with Gasteiger partial charge in [-0.1, -0.05) is 6.92 Å². The van der Waals surface area contributed by atoms with Crippen LogP contribution in [-0.2, 0) is 9.84 Å². The third-order valence-electron chi connectivity index (χ3n) is 2.39. The largest absolute Gasteiger partial charge is 0.330 e. The average molecular weight is 177 g/mol. The first-order valence-electron chi connectivity index (χ1n) is 3.99. The van der Waals surface area contributed by atoms with Crippen LogP contribution in [0.4, 0.5) is 0 Å². The quantitative estimate of drug-likeness (QED) is 0.653. The van der Waals surface area contributed by atoms with Gasteiger partial charge < -0.3 is 5.73 Å². The molecule has 0 radical (unpaired) electrons. The van der Waals surface area contributed by atoms with Gasteiger partial charge >= 0.3 is 0 Å². The van der Waals surface area contributed by atoms with Gasteiger partial charge in [-0.05, 0) is 25.3 Å². The molecule has 1 fully saturated rings. The van der Waals surface area contributed by atoms with Crippen LogP contribution < -0.4 is 5.73 Å². The molecule has 1 rings (SSSR count). The van der Waals surface area contributed by atoms with E-state index < -0.39 is 9.84 Å². The van der Waals surface area contributed by atoms with Gasteiger partial charge in [0, 0.05) is 0 Å². The van der Waals surface area contributed by atoms with E-state index in [0.29, 0.717) is 12.3 Å². The first-order valence-corrected chi connectivity index (χ1v) is 5.71. The van der Waals surface area contributed by atoms with Crippen molar-refractivity contribution in [3.05, 3.63) is 0 Å². The Balaban J connectivity index is 2.73. The van der Waals surface area contributed by atoms with Crippen molar-refractivity contribution in [1.82, 2.24) is 0 Å². The van der Waals surface area contributed by atoms with E-state index in [1.165, 1.54) is 0 Å². The van der Waals surface area contributed by atoms with Crippen molar-refractivity contribution < 1.29 is 8.42 Å². The summed E-state index contributed by atoms with van der Waals surface area (Å²) in [5.74, 6) is 0.490. The molecule has 0 aromatic rings. The minimum absolute atomic E-state index is 0.127. The number of hydrogen-bond donors (Lipinski definition) is 1. The van der Waals surface area contributed by atoms with Crippen molar-refractivity contribution in [1.29, 1.82) is 0 Å². The molecule has 0 amide bonds. The number of hydrogen-bond acceptors (Lipinski definition) is 3. The summed E-state index contributed by atoms with van der Waals surface area (Å²) in [6.45, 7) is 2.39. The van der Waals surface area contributed by atoms with E-state index in [1.54, 1.807) is 0 Å². The van der Waals surface area contributed by atoms with Gasteiger partial charge in [-0.3, -0.25) is 0 Å². The fourth-order valence-corrected chi connectivity index (χ4v) is 3.82. The Labute approximate surface area is 67.9 Å². The van der Waals surface area contributed by atoms with E-state index in [1.807, 2.05) is 6.92 Å². The van der Waals surface area contributed by atoms with Crippen LogP contribution in [0.2, 0.25) is 0 Å². The predicted molar refractivity (Wildman–Crippen MR) is 45.0 cm³/mol. The van der Waals surface area contributed by atoms with Crippen molar-refractivity contribution in [2.45, 2.75) is 25.0 Å². The summed E-state index contributed by atoms with van der Waals surface area (Å²) in [6, 6.07) is 0. The summed E-state index contributed by atoms with van der Waals surface area (Å²) in [7, 11) is -2.78. The molecule has 0 aromatic carbocycles. The van der Waals surface area contributed by atoms with Crippen LogP contribution >= 0.6 is 0 Å². The van der Waals surface area contributed by atoms with E-state index in [-0.39, 0.29) is 11.2 Å². The zero-order valence-corrected chi connectivity index (χ0v) is 7.60. The minimum Gasteiger partial charge on any atom is -0.330 e. The number of sulfone groups is 1. The molecular formula is C7H15NO2S. The summed E-state index contributed by atoms with van der Waals surface area (Å²) in [5.41, 5.74) is 5.41. The predicted octanol–water partition coefficient (Wildman–Crippen LogP) is 0.158. The van der Waals surface area contributed by atoms with Crippen LogP contribution in [0.1, 0.15) is 19.8 Å². The van der Waals surface area contributed by atoms with Gasteiger partial charge in [-0.25, -0.2) is 8.42 Å². The van der Waals surface area contributed by atoms with Gasteiger partial charge in [0.15, 0.2) is 9.84 Å². The van der Waals surface area contributed by atoms with E-state index >= 15 is 0 Å². The normalized spacial score (nSPS) is 32.0. The van der Waals surface area contributed by atoms with Gasteiger partial charge in [0.25, 0.3) is 0 Å². The molecule has 1 saturated heterocycles. The molecule has 2 N–H and O–H groups in total. The lowest BCUT2D eigenvalue weighted by molar-refractivity contribution is 0.514. The Morgan fingerprint density at radius 1 is 1.64 bits per heavy atom. The maximum atomic E-state index is 11.3. The van der Waals surface area contributed by atoms with Gasteiger partial charge in [0.05, 0.1) is 11.0 Å². The summed E-state index contributed by atoms with van der Waals surface area (Å²) in [4.78, 5) is 0. The van der Waals surface area contributed by atoms with E-state index in [9.17, 15) is 8.42 Å². The molecule has 0 bridgehead atoms. The zero-order chi connectivity index (χ0) is 8.48. The lowest BCUT2D eigenvalue weighted by atomic mass is 10.0. The molecule has 1 aliphatic heterocycles. The highest BCUT2D eigenvalue weighted by molar-refractivity contribution is 7.92. The fourth-order valence-electron chi connectivity index (χ4n) is 1.61. The second kappa shape index (κ2) is 3.11.